The number of nitrogens with one attached hydrogen (secondary N) is 1. The minimum atomic E-state index is -0.770. The first-order valence-corrected chi connectivity index (χ1v) is 10.5. The minimum Gasteiger partial charge on any atom is -0.467 e. The van der Waals surface area contributed by atoms with Gasteiger partial charge in [0.05, 0.1) is 30.3 Å². The van der Waals surface area contributed by atoms with Gasteiger partial charge in [0.25, 0.3) is 5.91 Å². The van der Waals surface area contributed by atoms with Gasteiger partial charge >= 0.3 is 5.97 Å². The average molecular weight is 429 g/mol. The number of aromatic amines is 1. The number of aromatic nitrogens is 1. The number of Topliss-reactive ketones (excluding diaryl/α,β-unsaturated/α-hetero) is 1. The standard InChI is InChI=1S/C22H24N2O5S/c1-5-28-22(27)19-13(2)18(14(3)23-19)20(25)15(4)24(12-16-8-6-10-29-16)21(26)17-9-7-11-30-17/h6-11,15,23H,5,12H2,1-4H3. The highest BCUT2D eigenvalue weighted by atomic mass is 32.1. The molecule has 7 nitrogen and oxygen atoms in total. The van der Waals surface area contributed by atoms with Crippen LogP contribution in [-0.2, 0) is 11.3 Å². The van der Waals surface area contributed by atoms with Crippen molar-refractivity contribution in [3.8, 4) is 0 Å². The number of rotatable bonds is 8. The van der Waals surface area contributed by atoms with Crippen molar-refractivity contribution >= 4 is 29.0 Å². The molecule has 0 spiro atoms. The van der Waals surface area contributed by atoms with Gasteiger partial charge in [-0.25, -0.2) is 4.79 Å². The third-order valence-corrected chi connectivity index (χ3v) is 5.77. The molecule has 0 saturated heterocycles. The fourth-order valence-electron chi connectivity index (χ4n) is 3.37. The summed E-state index contributed by atoms with van der Waals surface area (Å²) in [7, 11) is 0. The van der Waals surface area contributed by atoms with E-state index in [-0.39, 0.29) is 30.5 Å². The SMILES string of the molecule is CCOC(=O)c1[nH]c(C)c(C(=O)C(C)N(Cc2ccco2)C(=O)c2cccs2)c1C. The zero-order chi connectivity index (χ0) is 21.8. The molecule has 158 valence electrons. The van der Waals surface area contributed by atoms with Gasteiger partial charge in [0, 0.05) is 11.3 Å². The Labute approximate surface area is 178 Å². The van der Waals surface area contributed by atoms with Crippen molar-refractivity contribution in [3.05, 3.63) is 69.1 Å². The first kappa shape index (κ1) is 21.6. The van der Waals surface area contributed by atoms with Crippen LogP contribution in [0.2, 0.25) is 0 Å². The molecule has 0 aromatic carbocycles. The molecule has 8 heteroatoms. The van der Waals surface area contributed by atoms with Crippen molar-refractivity contribution in [3.63, 3.8) is 0 Å². The van der Waals surface area contributed by atoms with E-state index in [1.807, 2.05) is 5.38 Å². The van der Waals surface area contributed by atoms with Gasteiger partial charge in [0.2, 0.25) is 0 Å². The Hall–Kier alpha value is -3.13. The summed E-state index contributed by atoms with van der Waals surface area (Å²) in [5.41, 5.74) is 1.74. The Morgan fingerprint density at radius 2 is 2.00 bits per heavy atom. The van der Waals surface area contributed by atoms with E-state index in [2.05, 4.69) is 4.98 Å². The van der Waals surface area contributed by atoms with Crippen molar-refractivity contribution < 1.29 is 23.5 Å². The first-order chi connectivity index (χ1) is 14.3. The molecule has 1 unspecified atom stereocenters. The number of hydrogen-bond acceptors (Lipinski definition) is 6. The number of furan rings is 1. The zero-order valence-corrected chi connectivity index (χ0v) is 18.2. The number of thiophene rings is 1. The molecule has 3 aromatic heterocycles. The number of carbonyl (C=O) groups is 3. The van der Waals surface area contributed by atoms with E-state index < -0.39 is 12.0 Å². The highest BCUT2D eigenvalue weighted by Crippen LogP contribution is 2.24. The maximum Gasteiger partial charge on any atom is 0.355 e. The molecular weight excluding hydrogens is 404 g/mol. The van der Waals surface area contributed by atoms with Crippen LogP contribution in [-0.4, -0.2) is 40.2 Å². The van der Waals surface area contributed by atoms with Gasteiger partial charge in [0.1, 0.15) is 11.5 Å². The molecule has 0 aliphatic heterocycles. The summed E-state index contributed by atoms with van der Waals surface area (Å²) in [6.07, 6.45) is 1.53. The average Bonchev–Trinajstić information content (AvgIpc) is 3.47. The number of hydrogen-bond donors (Lipinski definition) is 1. The van der Waals surface area contributed by atoms with Gasteiger partial charge in [-0.15, -0.1) is 11.3 Å². The third-order valence-electron chi connectivity index (χ3n) is 4.91. The van der Waals surface area contributed by atoms with Gasteiger partial charge in [-0.3, -0.25) is 9.59 Å². The van der Waals surface area contributed by atoms with E-state index in [1.165, 1.54) is 22.5 Å². The van der Waals surface area contributed by atoms with Crippen molar-refractivity contribution in [1.29, 1.82) is 0 Å². The quantitative estimate of drug-likeness (QED) is 0.425. The number of ether oxygens (including phenoxy) is 1. The van der Waals surface area contributed by atoms with E-state index in [1.54, 1.807) is 52.0 Å². The lowest BCUT2D eigenvalue weighted by atomic mass is 9.99. The lowest BCUT2D eigenvalue weighted by molar-refractivity contribution is 0.0518. The van der Waals surface area contributed by atoms with Crippen molar-refractivity contribution in [2.24, 2.45) is 0 Å². The van der Waals surface area contributed by atoms with Crippen molar-refractivity contribution in [2.45, 2.75) is 40.3 Å². The van der Waals surface area contributed by atoms with Crippen LogP contribution in [0.1, 0.15) is 61.4 Å². The second-order valence-electron chi connectivity index (χ2n) is 6.88. The molecule has 0 aliphatic carbocycles. The molecule has 1 amide bonds. The Morgan fingerprint density at radius 3 is 2.60 bits per heavy atom. The summed E-state index contributed by atoms with van der Waals surface area (Å²) >= 11 is 1.32. The van der Waals surface area contributed by atoms with E-state index in [0.717, 1.165) is 0 Å². The van der Waals surface area contributed by atoms with Gasteiger partial charge < -0.3 is 19.0 Å². The normalized spacial score (nSPS) is 11.9. The van der Waals surface area contributed by atoms with Gasteiger partial charge in [-0.2, -0.15) is 0 Å². The lowest BCUT2D eigenvalue weighted by Gasteiger charge is -2.27. The highest BCUT2D eigenvalue weighted by Gasteiger charge is 2.32. The van der Waals surface area contributed by atoms with Crippen LogP contribution in [0.4, 0.5) is 0 Å². The Bertz CT molecular complexity index is 1030. The molecule has 3 heterocycles. The van der Waals surface area contributed by atoms with Gasteiger partial charge in [-0.1, -0.05) is 6.07 Å². The molecule has 1 atom stereocenters. The Morgan fingerprint density at radius 1 is 1.23 bits per heavy atom. The summed E-state index contributed by atoms with van der Waals surface area (Å²) < 4.78 is 10.5. The molecular formula is C22H24N2O5S. The smallest absolute Gasteiger partial charge is 0.355 e. The molecule has 30 heavy (non-hydrogen) atoms. The van der Waals surface area contributed by atoms with E-state index in [9.17, 15) is 14.4 Å². The maximum absolute atomic E-state index is 13.4. The van der Waals surface area contributed by atoms with Crippen LogP contribution >= 0.6 is 11.3 Å². The highest BCUT2D eigenvalue weighted by molar-refractivity contribution is 7.12. The summed E-state index contributed by atoms with van der Waals surface area (Å²) in [6.45, 7) is 7.24. The second kappa shape index (κ2) is 9.13. The van der Waals surface area contributed by atoms with Crippen LogP contribution in [0.25, 0.3) is 0 Å². The van der Waals surface area contributed by atoms with Crippen molar-refractivity contribution in [2.75, 3.05) is 6.61 Å². The van der Waals surface area contributed by atoms with E-state index in [0.29, 0.717) is 27.5 Å². The molecule has 0 radical (unpaired) electrons. The third kappa shape index (κ3) is 4.23. The second-order valence-corrected chi connectivity index (χ2v) is 7.82. The molecule has 1 N–H and O–H groups in total. The molecule has 0 saturated carbocycles. The summed E-state index contributed by atoms with van der Waals surface area (Å²) in [5, 5.41) is 1.82. The zero-order valence-electron chi connectivity index (χ0n) is 17.4. The Balaban J connectivity index is 1.94. The predicted octanol–water partition coefficient (Wildman–Crippen LogP) is 4.38. The van der Waals surface area contributed by atoms with E-state index >= 15 is 0 Å². The maximum atomic E-state index is 13.4. The van der Waals surface area contributed by atoms with Crippen LogP contribution in [0.15, 0.2) is 40.3 Å². The van der Waals surface area contributed by atoms with Crippen LogP contribution < -0.4 is 0 Å². The van der Waals surface area contributed by atoms with Gasteiger partial charge in [-0.05, 0) is 56.8 Å². The molecule has 0 aliphatic rings. The molecule has 3 rings (SSSR count). The molecule has 0 fully saturated rings. The fraction of sp³-hybridized carbons (Fsp3) is 0.318. The predicted molar refractivity (Wildman–Crippen MR) is 113 cm³/mol. The van der Waals surface area contributed by atoms with Gasteiger partial charge in [0.15, 0.2) is 5.78 Å². The van der Waals surface area contributed by atoms with E-state index in [4.69, 9.17) is 9.15 Å². The number of amides is 1. The number of aryl methyl sites for hydroxylation is 1. The van der Waals surface area contributed by atoms with Crippen LogP contribution in [0, 0.1) is 13.8 Å². The first-order valence-electron chi connectivity index (χ1n) is 9.62. The number of nitrogens with zero attached hydrogens (tertiary/aromatic N) is 1. The monoisotopic (exact) mass is 428 g/mol. The minimum absolute atomic E-state index is 0.157. The molecule has 0 bridgehead atoms. The van der Waals surface area contributed by atoms with Crippen LogP contribution in [0.5, 0.6) is 0 Å². The Kier molecular flexibility index (Phi) is 6.56. The summed E-state index contributed by atoms with van der Waals surface area (Å²) in [4.78, 5) is 43.7. The largest absolute Gasteiger partial charge is 0.467 e. The molecule has 3 aromatic rings. The summed E-state index contributed by atoms with van der Waals surface area (Å²) in [6, 6.07) is 6.25. The fourth-order valence-corrected chi connectivity index (χ4v) is 4.05. The number of esters is 1. The lowest BCUT2D eigenvalue weighted by Crippen LogP contribution is -2.42. The number of H-pyrrole nitrogens is 1. The number of carbonyl (C=O) groups excluding carboxylic acids is 3. The summed E-state index contributed by atoms with van der Waals surface area (Å²) in [5.74, 6) is -0.437. The number of ketones is 1. The van der Waals surface area contributed by atoms with Crippen LogP contribution in [0.3, 0.4) is 0 Å². The topological polar surface area (TPSA) is 92.6 Å². The van der Waals surface area contributed by atoms with Crippen molar-refractivity contribution in [1.82, 2.24) is 9.88 Å².